The van der Waals surface area contributed by atoms with E-state index in [1.54, 1.807) is 37.2 Å². The first kappa shape index (κ1) is 107. The van der Waals surface area contributed by atoms with Gasteiger partial charge in [-0.3, -0.25) is 102 Å². The quantitative estimate of drug-likeness (QED) is 0.0481. The summed E-state index contributed by atoms with van der Waals surface area (Å²) in [5.74, 6) is 3.13. The van der Waals surface area contributed by atoms with E-state index in [1.165, 1.54) is 144 Å². The predicted octanol–water partition coefficient (Wildman–Crippen LogP) is 11.4. The number of fused-ring (bicyclic) bond motifs is 7. The molecule has 0 saturated carbocycles. The van der Waals surface area contributed by atoms with Crippen molar-refractivity contribution in [3.63, 3.8) is 0 Å². The van der Waals surface area contributed by atoms with Crippen molar-refractivity contribution in [2.45, 2.75) is 194 Å². The maximum atomic E-state index is 12.9. The molecule has 8 aliphatic heterocycles. The van der Waals surface area contributed by atoms with Crippen LogP contribution in [-0.2, 0) is 4.79 Å². The van der Waals surface area contributed by atoms with Crippen molar-refractivity contribution in [3.05, 3.63) is 149 Å². The van der Waals surface area contributed by atoms with E-state index in [4.69, 9.17) is 40.1 Å². The van der Waals surface area contributed by atoms with Gasteiger partial charge in [0.05, 0.1) is 38.9 Å². The second-order valence-electron chi connectivity index (χ2n) is 38.6. The van der Waals surface area contributed by atoms with Crippen LogP contribution in [0.3, 0.4) is 0 Å². The van der Waals surface area contributed by atoms with Crippen molar-refractivity contribution < 1.29 is 33.6 Å². The summed E-state index contributed by atoms with van der Waals surface area (Å²) in [7, 11) is 0. The number of carbonyl (C=O) groups excluding carboxylic acids is 7. The maximum absolute atomic E-state index is 12.9. The number of carbonyl (C=O) groups is 7. The van der Waals surface area contributed by atoms with E-state index in [0.29, 0.717) is 142 Å². The Morgan fingerprint density at radius 1 is 0.304 bits per heavy atom. The number of hydrogen-bond donors (Lipinski definition) is 14. The first-order chi connectivity index (χ1) is 71.2. The molecule has 50 heteroatoms. The minimum absolute atomic E-state index is 0.0104. The highest BCUT2D eigenvalue weighted by molar-refractivity contribution is 7.19. The Morgan fingerprint density at radius 3 is 0.838 bits per heavy atom. The highest BCUT2D eigenvalue weighted by atomic mass is 32.1. The number of nitrogens with zero attached hydrogens (tertiary/aromatic N) is 15. The van der Waals surface area contributed by atoms with Crippen LogP contribution in [0.1, 0.15) is 243 Å². The van der Waals surface area contributed by atoms with Gasteiger partial charge in [-0.15, -0.1) is 79.4 Å². The molecule has 0 radical (unpaired) electrons. The Hall–Kier alpha value is -13.3. The van der Waals surface area contributed by atoms with E-state index in [-0.39, 0.29) is 128 Å². The molecule has 0 aromatic carbocycles. The van der Waals surface area contributed by atoms with Gasteiger partial charge in [0.25, 0.3) is 74.4 Å². The smallest absolute Gasteiger partial charge is 0.270 e. The Morgan fingerprint density at radius 2 is 0.561 bits per heavy atom. The number of aromatic amines is 7. The van der Waals surface area contributed by atoms with Crippen molar-refractivity contribution in [2.75, 3.05) is 138 Å². The summed E-state index contributed by atoms with van der Waals surface area (Å²) in [5, 5.41) is 12.1. The molecule has 8 fully saturated rings. The third kappa shape index (κ3) is 24.8. The van der Waals surface area contributed by atoms with Crippen LogP contribution in [-0.4, -0.2) is 261 Å². The van der Waals surface area contributed by atoms with E-state index in [0.717, 1.165) is 179 Å². The molecule has 0 atom stereocenters. The summed E-state index contributed by atoms with van der Waals surface area (Å²) < 4.78 is 3.33. The molecular formula is C98H125N29O14S7. The molecule has 8 aliphatic rings. The van der Waals surface area contributed by atoms with Crippen LogP contribution >= 0.6 is 79.4 Å². The van der Waals surface area contributed by atoms with Gasteiger partial charge in [0, 0.05) is 136 Å². The lowest BCUT2D eigenvalue weighted by molar-refractivity contribution is -0.130. The van der Waals surface area contributed by atoms with Crippen LogP contribution < -0.4 is 79.1 Å². The van der Waals surface area contributed by atoms with E-state index in [9.17, 15) is 67.1 Å². The maximum Gasteiger partial charge on any atom is 0.270 e. The van der Waals surface area contributed by atoms with Gasteiger partial charge in [-0.25, -0.2) is 34.9 Å². The SMILES string of the molecule is CC1CCN(C(=O)c2csc3c(=O)[nH]c(N)nc23)CC1.CCC1CCN(C(=O)c2csc3c(=O)[nH]c(N)nc23)CC1.CCCC1CCN(C(=O)c2csc3c(=O)[nH]c(N)nc23)CC1.CCCCC1CCN(C(=O)c2csc3c(=O)[nH]c(N)nc23)CC1.Cc1csc2c(=O)[nH]c(N)nc12.Nc1nc2c(C(=O)N3CCC(N4CCCC4=O)CC3)csc2c(=O)[nH]1.Nc1nc2c(C(=O)N3CCC(N4CCCCC4)CC3)csc2c(=O)[nH]1. The molecule has 14 aromatic heterocycles. The normalized spacial score (nSPS) is 17.1. The van der Waals surface area contributed by atoms with Crippen molar-refractivity contribution in [1.29, 1.82) is 0 Å². The Balaban J connectivity index is 0.000000124. The molecule has 0 unspecified atom stereocenters. The van der Waals surface area contributed by atoms with E-state index in [1.807, 2.05) is 41.7 Å². The standard InChI is InChI=1S/C17H23N5O2S.C16H19N5O3S.C16H22N4O2S.C15H20N4O2S.C14H18N4O2S.C13H16N4O2S.C7H7N3OS/c18-17-19-13-12(10-25-14(13)15(23)20-17)16(24)22-8-4-11(5-9-22)21-6-2-1-3-7-21;17-16-18-12-10(8-25-13(12)14(23)19-16)15(24)20-6-3-9(4-7-20)21-5-1-2-11(21)22;1-2-3-4-10-5-7-20(8-6-10)15(22)11-9-23-13-12(11)18-16(17)19-14(13)21;1-2-3-9-4-6-19(7-5-9)14(21)10-8-22-12-11(10)17-15(16)18-13(12)20;1-2-8-3-5-18(6-4-8)13(20)9-7-21-11-10(9)16-14(15)17-12(11)19;1-7-2-4-17(5-3-7)12(19)8-6-20-10-9(8)15-13(14)16-11(10)18;1-3-2-12-5-4(3)9-7(8)10-6(5)11/h10-11H,1-9H2,(H3,18,19,20,23);8-9H,1-7H2,(H3,17,18,19,23);9-10H,2-8H2,1H3,(H3,17,18,19,21);8-9H,2-7H2,1H3,(H3,16,17,18,20);7-8H,2-6H2,1H3,(H3,15,16,17,19);6-7H,2-5H2,1H3,(H3,14,15,16,18);2H,1H3,(H3,8,9,10,11). The monoisotopic (exact) mass is 2160 g/mol. The van der Waals surface area contributed by atoms with Gasteiger partial charge in [0.2, 0.25) is 47.5 Å². The number of anilines is 7. The molecule has 0 aliphatic carbocycles. The summed E-state index contributed by atoms with van der Waals surface area (Å²) in [6, 6.07) is 0.829. The molecule has 22 heterocycles. The van der Waals surface area contributed by atoms with E-state index >= 15 is 0 Å². The number of hydrogen-bond acceptors (Lipinski definition) is 36. The molecule has 788 valence electrons. The molecule has 14 aromatic rings. The summed E-state index contributed by atoms with van der Waals surface area (Å²) in [5.41, 5.74) is 44.1. The first-order valence-electron chi connectivity index (χ1n) is 50.4. The first-order valence-corrected chi connectivity index (χ1v) is 56.5. The zero-order chi connectivity index (χ0) is 105. The number of nitrogens with one attached hydrogen (secondary N) is 7. The molecular weight excluding hydrogens is 2030 g/mol. The fourth-order valence-corrected chi connectivity index (χ4v) is 26.4. The summed E-state index contributed by atoms with van der Waals surface area (Å²) >= 11 is 8.79. The van der Waals surface area contributed by atoms with E-state index < -0.39 is 0 Å². The van der Waals surface area contributed by atoms with Gasteiger partial charge in [-0.1, -0.05) is 72.6 Å². The number of piperidine rings is 7. The van der Waals surface area contributed by atoms with Gasteiger partial charge in [0.15, 0.2) is 0 Å². The van der Waals surface area contributed by atoms with Crippen molar-refractivity contribution in [1.82, 2.24) is 109 Å². The Labute approximate surface area is 875 Å². The average molecular weight is 2160 g/mol. The number of aromatic nitrogens is 14. The number of rotatable bonds is 14. The number of nitrogen functional groups attached to an aromatic ring is 7. The van der Waals surface area contributed by atoms with Gasteiger partial charge >= 0.3 is 0 Å². The van der Waals surface area contributed by atoms with Gasteiger partial charge < -0.3 is 79.3 Å². The number of aryl methyl sites for hydroxylation is 1. The van der Waals surface area contributed by atoms with Crippen molar-refractivity contribution in [2.24, 2.45) is 23.7 Å². The zero-order valence-corrected chi connectivity index (χ0v) is 88.9. The molecule has 8 saturated heterocycles. The highest BCUT2D eigenvalue weighted by Gasteiger charge is 2.37. The number of nitrogens with two attached hydrogens (primary N) is 7. The Bertz CT molecular complexity index is 7640. The average Bonchev–Trinajstić information content (AvgIpc) is 1.72. The number of thiophene rings is 7. The second kappa shape index (κ2) is 48.4. The van der Waals surface area contributed by atoms with Crippen LogP contribution in [0.4, 0.5) is 41.6 Å². The largest absolute Gasteiger partial charge is 0.369 e. The molecule has 0 bridgehead atoms. The van der Waals surface area contributed by atoms with Crippen LogP contribution in [0.5, 0.6) is 0 Å². The van der Waals surface area contributed by atoms with Gasteiger partial charge in [-0.2, -0.15) is 0 Å². The third-order valence-corrected chi connectivity index (χ3v) is 35.5. The van der Waals surface area contributed by atoms with Crippen molar-refractivity contribution >= 4 is 234 Å². The summed E-state index contributed by atoms with van der Waals surface area (Å²) in [6.45, 7) is 22.8. The Kier molecular flexibility index (Phi) is 35.1. The lowest BCUT2D eigenvalue weighted by atomic mass is 9.91. The fraction of sp³-hybridized carbons (Fsp3) is 0.500. The van der Waals surface area contributed by atoms with Crippen LogP contribution in [0, 0.1) is 30.6 Å². The summed E-state index contributed by atoms with van der Waals surface area (Å²) in [4.78, 5) is 232. The molecule has 43 nitrogen and oxygen atoms in total. The molecule has 148 heavy (non-hydrogen) atoms. The van der Waals surface area contributed by atoms with E-state index in [2.05, 4.69) is 102 Å². The molecule has 7 amide bonds. The number of amides is 7. The van der Waals surface area contributed by atoms with Gasteiger partial charge in [0.1, 0.15) is 66.0 Å². The van der Waals surface area contributed by atoms with Crippen LogP contribution in [0.25, 0.3) is 71.5 Å². The summed E-state index contributed by atoms with van der Waals surface area (Å²) in [6.07, 6.45) is 24.8. The number of unbranched alkanes of at least 4 members (excludes halogenated alkanes) is 1. The highest BCUT2D eigenvalue weighted by Crippen LogP contribution is 2.36. The predicted molar refractivity (Wildman–Crippen MR) is 586 cm³/mol. The topological polar surface area (TPSA) is 648 Å². The van der Waals surface area contributed by atoms with Crippen molar-refractivity contribution in [3.8, 4) is 0 Å². The molecule has 21 N–H and O–H groups in total. The lowest BCUT2D eigenvalue weighted by Crippen LogP contribution is -2.48. The van der Waals surface area contributed by atoms with Gasteiger partial charge in [-0.05, 0) is 151 Å². The number of likely N-dealkylation sites (tertiary alicyclic amines) is 8. The fourth-order valence-electron chi connectivity index (χ4n) is 20.3. The third-order valence-electron chi connectivity index (χ3n) is 28.7. The zero-order valence-electron chi connectivity index (χ0n) is 83.2. The minimum atomic E-state index is -0.321. The van der Waals surface area contributed by atoms with Crippen LogP contribution in [0.15, 0.2) is 71.2 Å². The second-order valence-corrected chi connectivity index (χ2v) is 44.7. The molecule has 22 rings (SSSR count). The minimum Gasteiger partial charge on any atom is -0.369 e. The lowest BCUT2D eigenvalue weighted by Gasteiger charge is -2.40. The molecule has 0 spiro atoms. The van der Waals surface area contributed by atoms with Crippen LogP contribution in [0.2, 0.25) is 0 Å². The number of H-pyrrole nitrogens is 7.